The summed E-state index contributed by atoms with van der Waals surface area (Å²) in [5.74, 6) is 0.573. The number of hydrogen-bond acceptors (Lipinski definition) is 5. The first-order valence-corrected chi connectivity index (χ1v) is 12.1. The molecule has 8 nitrogen and oxygen atoms in total. The summed E-state index contributed by atoms with van der Waals surface area (Å²) in [6.07, 6.45) is 5.44. The van der Waals surface area contributed by atoms with Gasteiger partial charge < -0.3 is 14.9 Å². The zero-order valence-electron chi connectivity index (χ0n) is 19.1. The lowest BCUT2D eigenvalue weighted by atomic mass is 9.97. The molecule has 1 aromatic heterocycles. The van der Waals surface area contributed by atoms with Crippen molar-refractivity contribution in [3.8, 4) is 0 Å². The molecule has 1 unspecified atom stereocenters. The molecule has 1 saturated carbocycles. The topological polar surface area (TPSA) is 89.9 Å². The number of carboxylic acid groups (broad SMARTS) is 1. The molecule has 3 heterocycles. The Balaban J connectivity index is 1.40. The molecule has 2 fully saturated rings. The fraction of sp³-hybridized carbons (Fsp3) is 0.500. The SMILES string of the molecule is CC(C)(C)N(C(=O)O)C1CCN(C(=O)c2ccc3c(c2)N(c2ncc(Br)cn2)CC32CC2)C1. The zero-order chi connectivity index (χ0) is 23.5. The van der Waals surface area contributed by atoms with Crippen molar-refractivity contribution in [2.45, 2.75) is 57.0 Å². The van der Waals surface area contributed by atoms with Crippen LogP contribution in [0.4, 0.5) is 16.4 Å². The molecular weight excluding hydrogens is 486 g/mol. The van der Waals surface area contributed by atoms with Crippen LogP contribution in [-0.2, 0) is 5.41 Å². The molecule has 33 heavy (non-hydrogen) atoms. The van der Waals surface area contributed by atoms with Crippen molar-refractivity contribution in [2.24, 2.45) is 0 Å². The van der Waals surface area contributed by atoms with Crippen molar-refractivity contribution in [3.63, 3.8) is 0 Å². The molecule has 1 atom stereocenters. The Kier molecular flexibility index (Phi) is 5.15. The van der Waals surface area contributed by atoms with Gasteiger partial charge in [-0.05, 0) is 73.7 Å². The third-order valence-corrected chi connectivity index (χ3v) is 7.42. The van der Waals surface area contributed by atoms with Gasteiger partial charge in [0.1, 0.15) is 0 Å². The number of benzene rings is 1. The van der Waals surface area contributed by atoms with Crippen LogP contribution >= 0.6 is 15.9 Å². The number of fused-ring (bicyclic) bond motifs is 2. The highest BCUT2D eigenvalue weighted by molar-refractivity contribution is 9.10. The van der Waals surface area contributed by atoms with Gasteiger partial charge in [-0.3, -0.25) is 9.69 Å². The number of hydrogen-bond donors (Lipinski definition) is 1. The molecular formula is C24H28BrN5O3. The third-order valence-electron chi connectivity index (χ3n) is 7.01. The van der Waals surface area contributed by atoms with Gasteiger partial charge in [0.05, 0.1) is 10.5 Å². The Morgan fingerprint density at radius 3 is 2.52 bits per heavy atom. The van der Waals surface area contributed by atoms with Crippen molar-refractivity contribution in [2.75, 3.05) is 24.5 Å². The number of amides is 2. The largest absolute Gasteiger partial charge is 0.465 e. The van der Waals surface area contributed by atoms with E-state index in [-0.39, 0.29) is 17.4 Å². The van der Waals surface area contributed by atoms with Gasteiger partial charge >= 0.3 is 6.09 Å². The van der Waals surface area contributed by atoms with Crippen molar-refractivity contribution in [1.29, 1.82) is 0 Å². The minimum absolute atomic E-state index is 0.0621. The number of anilines is 2. The Morgan fingerprint density at radius 1 is 1.21 bits per heavy atom. The standard InChI is InChI=1S/C24H28BrN5O3/c1-23(2,3)30(22(32)33)17-6-9-28(13-17)20(31)15-4-5-18-19(10-15)29(14-24(18)7-8-24)21-26-11-16(25)12-27-21/h4-5,10-12,17H,6-9,13-14H2,1-3H3,(H,32,33). The summed E-state index contributed by atoms with van der Waals surface area (Å²) >= 11 is 3.39. The van der Waals surface area contributed by atoms with Crippen LogP contribution in [0, 0.1) is 0 Å². The van der Waals surface area contributed by atoms with Crippen LogP contribution in [0.5, 0.6) is 0 Å². The number of aromatic nitrogens is 2. The molecule has 2 amide bonds. The van der Waals surface area contributed by atoms with E-state index in [9.17, 15) is 14.7 Å². The number of likely N-dealkylation sites (tertiary alicyclic amines) is 1. The van der Waals surface area contributed by atoms with E-state index >= 15 is 0 Å². The molecule has 3 aliphatic rings. The average molecular weight is 514 g/mol. The second kappa shape index (κ2) is 7.68. The monoisotopic (exact) mass is 513 g/mol. The number of rotatable bonds is 3. The molecule has 2 aliphatic heterocycles. The predicted molar refractivity (Wildman–Crippen MR) is 128 cm³/mol. The first-order chi connectivity index (χ1) is 15.6. The Bertz CT molecular complexity index is 1110. The summed E-state index contributed by atoms with van der Waals surface area (Å²) in [4.78, 5) is 39.6. The van der Waals surface area contributed by atoms with Crippen LogP contribution in [0.2, 0.25) is 0 Å². The highest BCUT2D eigenvalue weighted by atomic mass is 79.9. The van der Waals surface area contributed by atoms with E-state index in [1.165, 1.54) is 10.5 Å². The van der Waals surface area contributed by atoms with Gasteiger partial charge in [0, 0.05) is 54.2 Å². The minimum Gasteiger partial charge on any atom is -0.465 e. The maximum absolute atomic E-state index is 13.4. The van der Waals surface area contributed by atoms with Crippen molar-refractivity contribution in [3.05, 3.63) is 46.2 Å². The van der Waals surface area contributed by atoms with E-state index < -0.39 is 11.6 Å². The Labute approximate surface area is 201 Å². The van der Waals surface area contributed by atoms with E-state index in [0.717, 1.165) is 29.5 Å². The third kappa shape index (κ3) is 3.86. The lowest BCUT2D eigenvalue weighted by molar-refractivity contribution is 0.0649. The molecule has 5 rings (SSSR count). The van der Waals surface area contributed by atoms with Gasteiger partial charge in [0.25, 0.3) is 5.91 Å². The average Bonchev–Trinajstić information content (AvgIpc) is 3.25. The van der Waals surface area contributed by atoms with Crippen LogP contribution in [0.3, 0.4) is 0 Å². The fourth-order valence-electron chi connectivity index (χ4n) is 5.32. The lowest BCUT2D eigenvalue weighted by Crippen LogP contribution is -2.52. The van der Waals surface area contributed by atoms with E-state index in [1.54, 1.807) is 17.3 Å². The van der Waals surface area contributed by atoms with Crippen LogP contribution in [-0.4, -0.2) is 68.1 Å². The van der Waals surface area contributed by atoms with Gasteiger partial charge in [-0.25, -0.2) is 14.8 Å². The maximum Gasteiger partial charge on any atom is 0.408 e. The molecule has 1 spiro atoms. The van der Waals surface area contributed by atoms with E-state index in [0.29, 0.717) is 31.0 Å². The van der Waals surface area contributed by atoms with Crippen LogP contribution < -0.4 is 4.90 Å². The predicted octanol–water partition coefficient (Wildman–Crippen LogP) is 4.42. The molecule has 0 radical (unpaired) electrons. The smallest absolute Gasteiger partial charge is 0.408 e. The summed E-state index contributed by atoms with van der Waals surface area (Å²) < 4.78 is 0.824. The number of carbonyl (C=O) groups is 2. The van der Waals surface area contributed by atoms with E-state index in [4.69, 9.17) is 0 Å². The summed E-state index contributed by atoms with van der Waals surface area (Å²) in [6.45, 7) is 7.44. The number of nitrogens with zero attached hydrogens (tertiary/aromatic N) is 5. The first kappa shape index (κ1) is 22.1. The summed E-state index contributed by atoms with van der Waals surface area (Å²) in [7, 11) is 0. The lowest BCUT2D eigenvalue weighted by Gasteiger charge is -2.37. The summed E-state index contributed by atoms with van der Waals surface area (Å²) in [5.41, 5.74) is 2.49. The normalized spacial score (nSPS) is 20.8. The second-order valence-electron chi connectivity index (χ2n) is 10.3. The minimum atomic E-state index is -0.945. The summed E-state index contributed by atoms with van der Waals surface area (Å²) in [6, 6.07) is 5.76. The molecule has 1 aromatic carbocycles. The molecule has 9 heteroatoms. The maximum atomic E-state index is 13.4. The number of carbonyl (C=O) groups excluding carboxylic acids is 1. The highest BCUT2D eigenvalue weighted by Crippen LogP contribution is 2.57. The second-order valence-corrected chi connectivity index (χ2v) is 11.2. The molecule has 1 N–H and O–H groups in total. The van der Waals surface area contributed by atoms with E-state index in [1.807, 2.05) is 32.9 Å². The van der Waals surface area contributed by atoms with E-state index in [2.05, 4.69) is 36.9 Å². The van der Waals surface area contributed by atoms with Crippen LogP contribution in [0.15, 0.2) is 35.1 Å². The molecule has 174 valence electrons. The van der Waals surface area contributed by atoms with Gasteiger partial charge in [0.15, 0.2) is 0 Å². The molecule has 1 aliphatic carbocycles. The van der Waals surface area contributed by atoms with Gasteiger partial charge in [-0.2, -0.15) is 0 Å². The van der Waals surface area contributed by atoms with Gasteiger partial charge in [-0.15, -0.1) is 0 Å². The van der Waals surface area contributed by atoms with Gasteiger partial charge in [-0.1, -0.05) is 6.07 Å². The molecule has 0 bridgehead atoms. The first-order valence-electron chi connectivity index (χ1n) is 11.3. The van der Waals surface area contributed by atoms with Crippen molar-refractivity contribution in [1.82, 2.24) is 19.8 Å². The summed E-state index contributed by atoms with van der Waals surface area (Å²) in [5, 5.41) is 9.73. The quantitative estimate of drug-likeness (QED) is 0.653. The zero-order valence-corrected chi connectivity index (χ0v) is 20.7. The van der Waals surface area contributed by atoms with Crippen LogP contribution in [0.25, 0.3) is 0 Å². The van der Waals surface area contributed by atoms with Crippen molar-refractivity contribution >= 4 is 39.6 Å². The molecule has 2 aromatic rings. The van der Waals surface area contributed by atoms with Gasteiger partial charge in [0.2, 0.25) is 5.95 Å². The van der Waals surface area contributed by atoms with Crippen molar-refractivity contribution < 1.29 is 14.7 Å². The Morgan fingerprint density at radius 2 is 1.91 bits per heavy atom. The number of halogens is 1. The fourth-order valence-corrected chi connectivity index (χ4v) is 5.53. The molecule has 1 saturated heterocycles. The van der Waals surface area contributed by atoms with Crippen LogP contribution in [0.1, 0.15) is 56.0 Å². The highest BCUT2D eigenvalue weighted by Gasteiger charge is 2.52. The Hall–Kier alpha value is -2.68.